The highest BCUT2D eigenvalue weighted by Gasteiger charge is 2.54. The molecular formula is C54H49F2N19O4. The molecule has 0 spiro atoms. The molecule has 25 heteroatoms. The van der Waals surface area contributed by atoms with Gasteiger partial charge < -0.3 is 28.8 Å². The summed E-state index contributed by atoms with van der Waals surface area (Å²) in [7, 11) is 1.83. The van der Waals surface area contributed by atoms with Gasteiger partial charge >= 0.3 is 11.5 Å². The highest BCUT2D eigenvalue weighted by atomic mass is 19.1. The minimum atomic E-state index is -1.34. The van der Waals surface area contributed by atoms with Gasteiger partial charge in [0.2, 0.25) is 11.4 Å². The molecule has 7 N–H and O–H groups in total. The Hall–Kier alpha value is -9.75. The standard InChI is InChI=1S/C28H26FN9O2.C26H23FN10O2/c1-15(2)38-27(39)40-26(36-38)28(16-11-32-37(3)14-16)24-19(18-6-4-5-7-20(18)33-24)10-22(35-28)25-31-13-23(34-25)21-9-8-17(29)12-30-21;1-3-37-25(38)39-24(36-37)26(23-30-13(2)34-35-23)21-16(15-6-4-5-7-17(15)31-21)10-19(33-26)22-29-12-20(32-22)18-9-8-14(27)11-28-18/h4-9,11-15,22,33,35H,10H2,1-3H3,(H,31,34);4-9,11-12,19,31,33H,3,10H2,1-2H3,(H,29,32)(H,30,34,35)/t22-,28?;19-,26?/m11/s1. The van der Waals surface area contributed by atoms with Gasteiger partial charge in [0.1, 0.15) is 29.1 Å². The van der Waals surface area contributed by atoms with Crippen LogP contribution in [-0.2, 0) is 37.5 Å². The second kappa shape index (κ2) is 18.8. The molecule has 0 saturated carbocycles. The maximum atomic E-state index is 13.5. The summed E-state index contributed by atoms with van der Waals surface area (Å²) in [6, 6.07) is 21.0. The smallest absolute Gasteiger partial charge is 0.389 e. The Morgan fingerprint density at radius 1 is 0.684 bits per heavy atom. The molecule has 14 rings (SSSR count). The van der Waals surface area contributed by atoms with Crippen LogP contribution in [0.2, 0.25) is 0 Å². The van der Waals surface area contributed by atoms with E-state index in [0.29, 0.717) is 65.5 Å². The average Bonchev–Trinajstić information content (AvgIpc) is 4.44. The number of benzene rings is 2. The van der Waals surface area contributed by atoms with E-state index in [1.54, 1.807) is 42.3 Å². The number of imidazole rings is 2. The molecule has 12 aromatic rings. The zero-order chi connectivity index (χ0) is 54.3. The van der Waals surface area contributed by atoms with Gasteiger partial charge in [0.25, 0.3) is 5.89 Å². The third-order valence-corrected chi connectivity index (χ3v) is 14.5. The second-order valence-corrected chi connectivity index (χ2v) is 19.8. The molecule has 10 aromatic heterocycles. The first kappa shape index (κ1) is 48.9. The number of nitrogens with zero attached hydrogens (tertiary/aromatic N) is 12. The molecule has 0 saturated heterocycles. The highest BCUT2D eigenvalue weighted by Crippen LogP contribution is 2.47. The zero-order valence-electron chi connectivity index (χ0n) is 43.0. The first-order chi connectivity index (χ1) is 38.3. The number of rotatable bonds is 10. The van der Waals surface area contributed by atoms with Crippen molar-refractivity contribution >= 4 is 21.8 Å². The van der Waals surface area contributed by atoms with E-state index >= 15 is 0 Å². The summed E-state index contributed by atoms with van der Waals surface area (Å²) in [5.74, 6) is 0.547. The summed E-state index contributed by atoms with van der Waals surface area (Å²) >= 11 is 0. The lowest BCUT2D eigenvalue weighted by Crippen LogP contribution is -2.52. The number of fused-ring (bicyclic) bond motifs is 6. The molecule has 398 valence electrons. The quantitative estimate of drug-likeness (QED) is 0.0759. The molecule has 79 heavy (non-hydrogen) atoms. The molecule has 2 aliphatic rings. The van der Waals surface area contributed by atoms with Crippen LogP contribution >= 0.6 is 0 Å². The van der Waals surface area contributed by atoms with Crippen LogP contribution in [0.1, 0.15) is 102 Å². The zero-order valence-corrected chi connectivity index (χ0v) is 43.0. The lowest BCUT2D eigenvalue weighted by atomic mass is 9.79. The predicted molar refractivity (Wildman–Crippen MR) is 281 cm³/mol. The number of hydrogen-bond acceptors (Lipinski definition) is 15. The first-order valence-electron chi connectivity index (χ1n) is 25.5. The second-order valence-electron chi connectivity index (χ2n) is 19.8. The fraction of sp³-hybridized carbons (Fsp3) is 0.241. The minimum absolute atomic E-state index is 0.109. The van der Waals surface area contributed by atoms with Gasteiger partial charge in [0.15, 0.2) is 11.4 Å². The summed E-state index contributed by atoms with van der Waals surface area (Å²) in [5, 5.41) is 30.5. The molecule has 23 nitrogen and oxygen atoms in total. The fourth-order valence-corrected chi connectivity index (χ4v) is 10.8. The number of halogens is 2. The van der Waals surface area contributed by atoms with Crippen molar-refractivity contribution in [2.45, 2.75) is 76.3 Å². The van der Waals surface area contributed by atoms with E-state index < -0.39 is 40.3 Å². The van der Waals surface area contributed by atoms with Gasteiger partial charge in [-0.1, -0.05) is 36.4 Å². The number of H-pyrrole nitrogens is 5. The van der Waals surface area contributed by atoms with Crippen molar-refractivity contribution in [2.75, 3.05) is 0 Å². The monoisotopic (exact) mass is 1070 g/mol. The van der Waals surface area contributed by atoms with Crippen LogP contribution in [0.25, 0.3) is 44.6 Å². The van der Waals surface area contributed by atoms with E-state index in [4.69, 9.17) is 13.9 Å². The largest absolute Gasteiger partial charge is 0.437 e. The molecule has 0 aliphatic carbocycles. The van der Waals surface area contributed by atoms with Gasteiger partial charge in [-0.25, -0.2) is 33.3 Å². The molecule has 0 radical (unpaired) electrons. The molecule has 0 amide bonds. The van der Waals surface area contributed by atoms with Crippen LogP contribution in [0.15, 0.2) is 128 Å². The summed E-state index contributed by atoms with van der Waals surface area (Å²) in [4.78, 5) is 61.8. The maximum Gasteiger partial charge on any atom is 0.437 e. The van der Waals surface area contributed by atoms with Crippen molar-refractivity contribution in [3.63, 3.8) is 0 Å². The van der Waals surface area contributed by atoms with Gasteiger partial charge in [-0.2, -0.15) is 19.6 Å². The van der Waals surface area contributed by atoms with Gasteiger partial charge in [-0.3, -0.25) is 30.4 Å². The number of aryl methyl sites for hydroxylation is 3. The van der Waals surface area contributed by atoms with Gasteiger partial charge in [0.05, 0.1) is 83.3 Å². The third kappa shape index (κ3) is 8.10. The highest BCUT2D eigenvalue weighted by molar-refractivity contribution is 5.87. The molecule has 12 heterocycles. The summed E-state index contributed by atoms with van der Waals surface area (Å²) in [5.41, 5.74) is 6.08. The number of hydrogen-bond donors (Lipinski definition) is 7. The molecule has 4 atom stereocenters. The summed E-state index contributed by atoms with van der Waals surface area (Å²) in [6.07, 6.45) is 10.4. The van der Waals surface area contributed by atoms with Gasteiger partial charge in [0, 0.05) is 47.2 Å². The average molecular weight is 1070 g/mol. The van der Waals surface area contributed by atoms with E-state index in [-0.39, 0.29) is 23.9 Å². The number of para-hydroxylation sites is 2. The maximum absolute atomic E-state index is 13.5. The van der Waals surface area contributed by atoms with E-state index in [9.17, 15) is 18.4 Å². The molecule has 2 aromatic carbocycles. The van der Waals surface area contributed by atoms with Gasteiger partial charge in [-0.15, -0.1) is 10.2 Å². The van der Waals surface area contributed by atoms with Crippen molar-refractivity contribution in [2.24, 2.45) is 7.05 Å². The first-order valence-corrected chi connectivity index (χ1v) is 25.5. The summed E-state index contributed by atoms with van der Waals surface area (Å²) < 4.78 is 42.9. The van der Waals surface area contributed by atoms with E-state index in [1.807, 2.05) is 76.5 Å². The number of nitrogens with one attached hydrogen (secondary N) is 7. The minimum Gasteiger partial charge on any atom is -0.389 e. The van der Waals surface area contributed by atoms with E-state index in [2.05, 4.69) is 82.0 Å². The molecule has 0 fully saturated rings. The number of aromatic nitrogens is 17. The predicted octanol–water partition coefficient (Wildman–Crippen LogP) is 6.60. The van der Waals surface area contributed by atoms with Crippen molar-refractivity contribution in [1.82, 2.24) is 95.0 Å². The molecule has 2 aliphatic heterocycles. The Labute approximate surface area is 445 Å². The van der Waals surface area contributed by atoms with Crippen LogP contribution < -0.4 is 22.1 Å². The molecule has 0 bridgehead atoms. The van der Waals surface area contributed by atoms with Crippen molar-refractivity contribution in [3.8, 4) is 22.8 Å². The van der Waals surface area contributed by atoms with Crippen molar-refractivity contribution < 1.29 is 17.6 Å². The number of aromatic amines is 5. The van der Waals surface area contributed by atoms with Crippen molar-refractivity contribution in [1.29, 1.82) is 0 Å². The fourth-order valence-electron chi connectivity index (χ4n) is 10.8. The van der Waals surface area contributed by atoms with Gasteiger partial charge in [-0.05, 0) is 88.1 Å². The normalized spacial score (nSPS) is 19.0. The lowest BCUT2D eigenvalue weighted by Gasteiger charge is -2.38. The van der Waals surface area contributed by atoms with Crippen molar-refractivity contribution in [3.05, 3.63) is 206 Å². The molecule has 2 unspecified atom stereocenters. The Morgan fingerprint density at radius 2 is 1.24 bits per heavy atom. The Balaban J connectivity index is 0.000000150. The van der Waals surface area contributed by atoms with E-state index in [0.717, 1.165) is 56.1 Å². The summed E-state index contributed by atoms with van der Waals surface area (Å²) in [6.45, 7) is 7.71. The Bertz CT molecular complexity index is 4340. The molecular weight excluding hydrogens is 1020 g/mol. The van der Waals surface area contributed by atoms with Crippen LogP contribution in [-0.4, -0.2) is 84.4 Å². The Kier molecular flexibility index (Phi) is 11.6. The topological polar surface area (TPSA) is 294 Å². The number of pyridine rings is 2. The van der Waals surface area contributed by atoms with Crippen LogP contribution in [0, 0.1) is 18.6 Å². The van der Waals surface area contributed by atoms with Crippen LogP contribution in [0.3, 0.4) is 0 Å². The van der Waals surface area contributed by atoms with E-state index in [1.165, 1.54) is 27.7 Å². The third-order valence-electron chi connectivity index (χ3n) is 14.5. The SMILES string of the molecule is CC(C)n1nc(C2(c3cnn(C)c3)N[C@@H](c3ncc(-c4ccc(F)cn4)[nH]3)Cc3c2[nH]c2ccccc32)oc1=O.CCn1nc(C2(c3n[nH]c(C)n3)N[C@@H](c3ncc(-c4ccc(F)cn4)[nH]3)Cc3c2[nH]c2ccccc32)oc1=O. The van der Waals surface area contributed by atoms with Crippen LogP contribution in [0.5, 0.6) is 0 Å². The lowest BCUT2D eigenvalue weighted by molar-refractivity contribution is 0.274. The Morgan fingerprint density at radius 3 is 1.73 bits per heavy atom. The van der Waals surface area contributed by atoms with Crippen LogP contribution in [0.4, 0.5) is 8.78 Å².